The van der Waals surface area contributed by atoms with Crippen LogP contribution < -0.4 is 10.9 Å². The fourth-order valence-corrected chi connectivity index (χ4v) is 2.74. The summed E-state index contributed by atoms with van der Waals surface area (Å²) in [7, 11) is 0. The van der Waals surface area contributed by atoms with Crippen molar-refractivity contribution in [3.8, 4) is 11.3 Å². The fourth-order valence-electron chi connectivity index (χ4n) is 2.74. The number of anilines is 1. The number of nitrogens with one attached hydrogen (secondary N) is 1. The summed E-state index contributed by atoms with van der Waals surface area (Å²) in [4.78, 5) is 24.8. The molecule has 0 fully saturated rings. The molecule has 0 bridgehead atoms. The largest absolute Gasteiger partial charge is 0.324 e. The number of benzene rings is 2. The van der Waals surface area contributed by atoms with Gasteiger partial charge >= 0.3 is 0 Å². The SMILES string of the molecule is Cc1ccc(C)c(-c2ccc(=O)n(C(C)C(=O)Nc3ccccc3)n2)c1. The van der Waals surface area contributed by atoms with Crippen LogP contribution in [0.25, 0.3) is 11.3 Å². The number of para-hydroxylation sites is 1. The van der Waals surface area contributed by atoms with Crippen molar-refractivity contribution in [1.29, 1.82) is 0 Å². The van der Waals surface area contributed by atoms with Crippen molar-refractivity contribution >= 4 is 11.6 Å². The van der Waals surface area contributed by atoms with Gasteiger partial charge in [0.2, 0.25) is 5.91 Å². The number of amides is 1. The normalized spacial score (nSPS) is 11.8. The second-order valence-corrected chi connectivity index (χ2v) is 6.35. The zero-order valence-electron chi connectivity index (χ0n) is 15.1. The number of aryl methyl sites for hydroxylation is 2. The molecule has 3 rings (SSSR count). The maximum Gasteiger partial charge on any atom is 0.267 e. The minimum absolute atomic E-state index is 0.288. The van der Waals surface area contributed by atoms with E-state index in [2.05, 4.69) is 10.4 Å². The molecule has 1 amide bonds. The van der Waals surface area contributed by atoms with Crippen LogP contribution in [0.3, 0.4) is 0 Å². The van der Waals surface area contributed by atoms with Crippen molar-refractivity contribution in [2.75, 3.05) is 5.32 Å². The van der Waals surface area contributed by atoms with Gasteiger partial charge < -0.3 is 5.32 Å². The molecule has 0 radical (unpaired) electrons. The van der Waals surface area contributed by atoms with Gasteiger partial charge in [-0.15, -0.1) is 0 Å². The van der Waals surface area contributed by atoms with Gasteiger partial charge in [0.1, 0.15) is 6.04 Å². The zero-order chi connectivity index (χ0) is 18.7. The molecule has 1 heterocycles. The average molecular weight is 347 g/mol. The molecule has 5 nitrogen and oxygen atoms in total. The van der Waals surface area contributed by atoms with E-state index in [0.29, 0.717) is 11.4 Å². The molecule has 0 aliphatic carbocycles. The third-order valence-electron chi connectivity index (χ3n) is 4.28. The predicted octanol–water partition coefficient (Wildman–Crippen LogP) is 3.73. The van der Waals surface area contributed by atoms with Crippen molar-refractivity contribution in [3.63, 3.8) is 0 Å². The fraction of sp³-hybridized carbons (Fsp3) is 0.190. The molecular weight excluding hydrogens is 326 g/mol. The highest BCUT2D eigenvalue weighted by Gasteiger charge is 2.18. The number of carbonyl (C=O) groups is 1. The van der Waals surface area contributed by atoms with Crippen molar-refractivity contribution in [2.24, 2.45) is 0 Å². The van der Waals surface area contributed by atoms with E-state index in [1.165, 1.54) is 10.7 Å². The Balaban J connectivity index is 1.93. The summed E-state index contributed by atoms with van der Waals surface area (Å²) in [6, 6.07) is 17.7. The lowest BCUT2D eigenvalue weighted by atomic mass is 10.0. The molecular formula is C21H21N3O2. The van der Waals surface area contributed by atoms with Gasteiger partial charge in [-0.3, -0.25) is 9.59 Å². The highest BCUT2D eigenvalue weighted by molar-refractivity contribution is 5.93. The van der Waals surface area contributed by atoms with Crippen molar-refractivity contribution < 1.29 is 4.79 Å². The number of aromatic nitrogens is 2. The zero-order valence-corrected chi connectivity index (χ0v) is 15.1. The number of rotatable bonds is 4. The minimum atomic E-state index is -0.729. The summed E-state index contributed by atoms with van der Waals surface area (Å²) < 4.78 is 1.23. The molecule has 0 saturated heterocycles. The van der Waals surface area contributed by atoms with Gasteiger partial charge in [0.25, 0.3) is 5.56 Å². The Morgan fingerprint density at radius 2 is 1.77 bits per heavy atom. The third kappa shape index (κ3) is 3.72. The van der Waals surface area contributed by atoms with Crippen molar-refractivity contribution in [1.82, 2.24) is 9.78 Å². The first-order valence-electron chi connectivity index (χ1n) is 8.49. The van der Waals surface area contributed by atoms with E-state index >= 15 is 0 Å². The third-order valence-corrected chi connectivity index (χ3v) is 4.28. The lowest BCUT2D eigenvalue weighted by molar-refractivity contribution is -0.119. The summed E-state index contributed by atoms with van der Waals surface area (Å²) in [5, 5.41) is 7.26. The van der Waals surface area contributed by atoms with Crippen LogP contribution in [-0.4, -0.2) is 15.7 Å². The monoisotopic (exact) mass is 347 g/mol. The molecule has 2 aromatic carbocycles. The molecule has 132 valence electrons. The number of carbonyl (C=O) groups excluding carboxylic acids is 1. The first-order chi connectivity index (χ1) is 12.5. The van der Waals surface area contributed by atoms with E-state index in [9.17, 15) is 9.59 Å². The molecule has 1 aromatic heterocycles. The Labute approximate surface area is 152 Å². The van der Waals surface area contributed by atoms with Gasteiger partial charge in [-0.1, -0.05) is 35.9 Å². The van der Waals surface area contributed by atoms with Gasteiger partial charge in [-0.2, -0.15) is 5.10 Å². The Bertz CT molecular complexity index is 994. The summed E-state index contributed by atoms with van der Waals surface area (Å²) >= 11 is 0. The lowest BCUT2D eigenvalue weighted by Crippen LogP contribution is -2.33. The van der Waals surface area contributed by atoms with Crippen LogP contribution in [0.4, 0.5) is 5.69 Å². The number of hydrogen-bond acceptors (Lipinski definition) is 3. The summed E-state index contributed by atoms with van der Waals surface area (Å²) in [5.41, 5.74) is 4.17. The minimum Gasteiger partial charge on any atom is -0.324 e. The molecule has 1 atom stereocenters. The van der Waals surface area contributed by atoms with E-state index in [4.69, 9.17) is 0 Å². The molecule has 5 heteroatoms. The molecule has 3 aromatic rings. The van der Waals surface area contributed by atoms with Crippen LogP contribution in [0.1, 0.15) is 24.1 Å². The average Bonchev–Trinajstić information content (AvgIpc) is 2.64. The van der Waals surface area contributed by atoms with E-state index in [0.717, 1.165) is 16.7 Å². The van der Waals surface area contributed by atoms with Crippen LogP contribution in [0.5, 0.6) is 0 Å². The Morgan fingerprint density at radius 3 is 2.50 bits per heavy atom. The molecule has 0 saturated carbocycles. The quantitative estimate of drug-likeness (QED) is 0.782. The molecule has 0 spiro atoms. The lowest BCUT2D eigenvalue weighted by Gasteiger charge is -2.15. The summed E-state index contributed by atoms with van der Waals surface area (Å²) in [5.74, 6) is -0.288. The maximum absolute atomic E-state index is 12.5. The van der Waals surface area contributed by atoms with Gasteiger partial charge in [0.05, 0.1) is 5.69 Å². The first kappa shape index (κ1) is 17.6. The molecule has 26 heavy (non-hydrogen) atoms. The molecule has 0 aliphatic heterocycles. The highest BCUT2D eigenvalue weighted by Crippen LogP contribution is 2.22. The molecule has 0 aliphatic rings. The van der Waals surface area contributed by atoms with E-state index < -0.39 is 6.04 Å². The Hall–Kier alpha value is -3.21. The van der Waals surface area contributed by atoms with Crippen LogP contribution in [0.2, 0.25) is 0 Å². The van der Waals surface area contributed by atoms with Gasteiger partial charge in [0.15, 0.2) is 0 Å². The second kappa shape index (κ2) is 7.35. The summed E-state index contributed by atoms with van der Waals surface area (Å²) in [6.45, 7) is 5.67. The van der Waals surface area contributed by atoms with E-state index in [-0.39, 0.29) is 11.5 Å². The topological polar surface area (TPSA) is 64.0 Å². The van der Waals surface area contributed by atoms with Crippen molar-refractivity contribution in [3.05, 3.63) is 82.1 Å². The first-order valence-corrected chi connectivity index (χ1v) is 8.49. The highest BCUT2D eigenvalue weighted by atomic mass is 16.2. The van der Waals surface area contributed by atoms with Crippen LogP contribution in [-0.2, 0) is 4.79 Å². The van der Waals surface area contributed by atoms with Crippen LogP contribution in [0.15, 0.2) is 65.5 Å². The van der Waals surface area contributed by atoms with Crippen molar-refractivity contribution in [2.45, 2.75) is 26.8 Å². The Kier molecular flexibility index (Phi) is 4.98. The van der Waals surface area contributed by atoms with E-state index in [1.807, 2.05) is 50.2 Å². The Morgan fingerprint density at radius 1 is 1.04 bits per heavy atom. The maximum atomic E-state index is 12.5. The van der Waals surface area contributed by atoms with Gasteiger partial charge in [-0.05, 0) is 50.6 Å². The second-order valence-electron chi connectivity index (χ2n) is 6.35. The van der Waals surface area contributed by atoms with Gasteiger partial charge in [-0.25, -0.2) is 4.68 Å². The van der Waals surface area contributed by atoms with Crippen LogP contribution >= 0.6 is 0 Å². The number of hydrogen-bond donors (Lipinski definition) is 1. The van der Waals surface area contributed by atoms with Crippen LogP contribution in [0, 0.1) is 13.8 Å². The predicted molar refractivity (Wildman–Crippen MR) is 103 cm³/mol. The smallest absolute Gasteiger partial charge is 0.267 e. The molecule has 1 N–H and O–H groups in total. The standard InChI is InChI=1S/C21H21N3O2/c1-14-9-10-15(2)18(13-14)19-11-12-20(25)24(23-19)16(3)21(26)22-17-7-5-4-6-8-17/h4-13,16H,1-3H3,(H,22,26). The number of nitrogens with zero attached hydrogens (tertiary/aromatic N) is 2. The molecule has 1 unspecified atom stereocenters. The van der Waals surface area contributed by atoms with E-state index in [1.54, 1.807) is 25.1 Å². The van der Waals surface area contributed by atoms with Gasteiger partial charge in [0, 0.05) is 17.3 Å². The summed E-state index contributed by atoms with van der Waals surface area (Å²) in [6.07, 6.45) is 0.